The van der Waals surface area contributed by atoms with E-state index in [0.29, 0.717) is 5.02 Å². The summed E-state index contributed by atoms with van der Waals surface area (Å²) in [6.45, 7) is 0. The number of aliphatic hydroxyl groups excluding tert-OH is 1. The van der Waals surface area contributed by atoms with Crippen molar-refractivity contribution in [2.75, 3.05) is 5.75 Å². The van der Waals surface area contributed by atoms with E-state index in [4.69, 9.17) is 11.6 Å². The van der Waals surface area contributed by atoms with Gasteiger partial charge in [0.1, 0.15) is 0 Å². The molecule has 1 heterocycles. The molecule has 120 valence electrons. The van der Waals surface area contributed by atoms with Crippen LogP contribution < -0.4 is 10.6 Å². The van der Waals surface area contributed by atoms with Crippen LogP contribution in [0.3, 0.4) is 0 Å². The van der Waals surface area contributed by atoms with Gasteiger partial charge in [-0.1, -0.05) is 11.6 Å². The molecule has 3 rings (SSSR count). The maximum absolute atomic E-state index is 12.2. The van der Waals surface area contributed by atoms with E-state index in [1.807, 2.05) is 18.2 Å². The highest BCUT2D eigenvalue weighted by Crippen LogP contribution is 2.37. The Morgan fingerprint density at radius 3 is 2.73 bits per heavy atom. The van der Waals surface area contributed by atoms with E-state index in [0.717, 1.165) is 43.4 Å². The molecule has 0 saturated heterocycles. The van der Waals surface area contributed by atoms with Crippen molar-refractivity contribution < 1.29 is 9.90 Å². The molecular formula is C16H21ClN2O2S. The van der Waals surface area contributed by atoms with Gasteiger partial charge >= 0.3 is 6.03 Å². The number of amides is 2. The van der Waals surface area contributed by atoms with Crippen LogP contribution in [0.2, 0.25) is 5.02 Å². The number of rotatable bonds is 2. The molecule has 22 heavy (non-hydrogen) atoms. The topological polar surface area (TPSA) is 61.4 Å². The summed E-state index contributed by atoms with van der Waals surface area (Å²) in [4.78, 5) is 13.4. The zero-order chi connectivity index (χ0) is 15.5. The first kappa shape index (κ1) is 16.0. The molecule has 0 bridgehead atoms. The number of nitrogens with one attached hydrogen (secondary N) is 2. The molecule has 1 atom stereocenters. The van der Waals surface area contributed by atoms with Crippen molar-refractivity contribution in [1.82, 2.24) is 10.6 Å². The Balaban J connectivity index is 1.59. The molecule has 1 fully saturated rings. The quantitative estimate of drug-likeness (QED) is 0.772. The number of benzene rings is 1. The number of hydrogen-bond donors (Lipinski definition) is 3. The fourth-order valence-electron chi connectivity index (χ4n) is 3.12. The molecular weight excluding hydrogens is 320 g/mol. The van der Waals surface area contributed by atoms with Gasteiger partial charge in [-0.3, -0.25) is 0 Å². The smallest absolute Gasteiger partial charge is 0.315 e. The minimum Gasteiger partial charge on any atom is -0.393 e. The third-order valence-corrected chi connectivity index (χ3v) is 5.71. The van der Waals surface area contributed by atoms with Crippen LogP contribution in [0.5, 0.6) is 0 Å². The van der Waals surface area contributed by atoms with Crippen molar-refractivity contribution in [2.45, 2.75) is 55.2 Å². The fourth-order valence-corrected chi connectivity index (χ4v) is 4.41. The number of thioether (sulfide) groups is 1. The molecule has 4 nitrogen and oxygen atoms in total. The third-order valence-electron chi connectivity index (χ3n) is 4.35. The van der Waals surface area contributed by atoms with E-state index in [2.05, 4.69) is 10.6 Å². The van der Waals surface area contributed by atoms with Gasteiger partial charge in [0.25, 0.3) is 0 Å². The van der Waals surface area contributed by atoms with Gasteiger partial charge in [-0.2, -0.15) is 0 Å². The zero-order valence-electron chi connectivity index (χ0n) is 12.3. The van der Waals surface area contributed by atoms with Crippen LogP contribution in [-0.4, -0.2) is 29.0 Å². The van der Waals surface area contributed by atoms with Crippen molar-refractivity contribution >= 4 is 29.4 Å². The average molecular weight is 341 g/mol. The number of hydrogen-bond acceptors (Lipinski definition) is 3. The van der Waals surface area contributed by atoms with E-state index in [-0.39, 0.29) is 24.2 Å². The second kappa shape index (κ2) is 7.11. The minimum absolute atomic E-state index is 0.0177. The number of urea groups is 1. The number of fused-ring (bicyclic) bond motifs is 1. The van der Waals surface area contributed by atoms with Crippen LogP contribution in [0.25, 0.3) is 0 Å². The Morgan fingerprint density at radius 2 is 1.95 bits per heavy atom. The van der Waals surface area contributed by atoms with Crippen LogP contribution in [-0.2, 0) is 0 Å². The second-order valence-electron chi connectivity index (χ2n) is 6.00. The third kappa shape index (κ3) is 3.89. The molecule has 2 aliphatic rings. The van der Waals surface area contributed by atoms with Gasteiger partial charge in [-0.15, -0.1) is 11.8 Å². The summed E-state index contributed by atoms with van der Waals surface area (Å²) in [6, 6.07) is 5.93. The Hall–Kier alpha value is -0.910. The lowest BCUT2D eigenvalue weighted by Gasteiger charge is -2.29. The number of aliphatic hydroxyl groups is 1. The van der Waals surface area contributed by atoms with Gasteiger partial charge in [0.15, 0.2) is 0 Å². The Labute approximate surface area is 140 Å². The van der Waals surface area contributed by atoms with E-state index in [1.54, 1.807) is 11.8 Å². The standard InChI is InChI=1S/C16H21ClN2O2S/c17-10-1-6-15-13(9-10)14(7-8-22-15)19-16(21)18-11-2-4-12(20)5-3-11/h1,6,9,11-12,14,20H,2-5,7-8H2,(H2,18,19,21)/t11?,12?,14-/m0/s1. The van der Waals surface area contributed by atoms with E-state index in [9.17, 15) is 9.90 Å². The SMILES string of the molecule is O=C(NC1CCC(O)CC1)N[C@H]1CCSc2ccc(Cl)cc21. The summed E-state index contributed by atoms with van der Waals surface area (Å²) < 4.78 is 0. The second-order valence-corrected chi connectivity index (χ2v) is 7.57. The molecule has 1 saturated carbocycles. The Bertz CT molecular complexity index is 547. The number of halogens is 1. The average Bonchev–Trinajstić information content (AvgIpc) is 2.50. The highest BCUT2D eigenvalue weighted by molar-refractivity contribution is 7.99. The normalized spacial score (nSPS) is 27.8. The predicted octanol–water partition coefficient (Wildman–Crippen LogP) is 3.48. The highest BCUT2D eigenvalue weighted by atomic mass is 35.5. The minimum atomic E-state index is -0.203. The molecule has 0 unspecified atom stereocenters. The molecule has 1 aliphatic carbocycles. The summed E-state index contributed by atoms with van der Waals surface area (Å²) >= 11 is 7.89. The van der Waals surface area contributed by atoms with Crippen LogP contribution in [0.15, 0.2) is 23.1 Å². The van der Waals surface area contributed by atoms with Gasteiger partial charge in [0, 0.05) is 21.7 Å². The molecule has 2 amide bonds. The van der Waals surface area contributed by atoms with E-state index >= 15 is 0 Å². The molecule has 0 spiro atoms. The highest BCUT2D eigenvalue weighted by Gasteiger charge is 2.25. The van der Waals surface area contributed by atoms with Crippen molar-refractivity contribution in [3.8, 4) is 0 Å². The number of carbonyl (C=O) groups excluding carboxylic acids is 1. The molecule has 1 aromatic rings. The van der Waals surface area contributed by atoms with Crippen LogP contribution in [0.4, 0.5) is 4.79 Å². The predicted molar refractivity (Wildman–Crippen MR) is 89.5 cm³/mol. The van der Waals surface area contributed by atoms with Gasteiger partial charge in [0.05, 0.1) is 12.1 Å². The first-order valence-electron chi connectivity index (χ1n) is 7.79. The largest absolute Gasteiger partial charge is 0.393 e. The maximum Gasteiger partial charge on any atom is 0.315 e. The summed E-state index contributed by atoms with van der Waals surface area (Å²) in [6.07, 6.45) is 3.93. The molecule has 0 radical (unpaired) electrons. The van der Waals surface area contributed by atoms with Gasteiger partial charge in [0.2, 0.25) is 0 Å². The zero-order valence-corrected chi connectivity index (χ0v) is 13.9. The van der Waals surface area contributed by atoms with Gasteiger partial charge in [-0.05, 0) is 55.9 Å². The van der Waals surface area contributed by atoms with Crippen molar-refractivity contribution in [1.29, 1.82) is 0 Å². The Morgan fingerprint density at radius 1 is 1.18 bits per heavy atom. The van der Waals surface area contributed by atoms with Crippen molar-refractivity contribution in [2.24, 2.45) is 0 Å². The van der Waals surface area contributed by atoms with Gasteiger partial charge in [-0.25, -0.2) is 4.79 Å². The van der Waals surface area contributed by atoms with Gasteiger partial charge < -0.3 is 15.7 Å². The summed E-state index contributed by atoms with van der Waals surface area (Å²) in [5, 5.41) is 16.3. The first-order valence-corrected chi connectivity index (χ1v) is 9.15. The maximum atomic E-state index is 12.2. The van der Waals surface area contributed by atoms with E-state index in [1.165, 1.54) is 4.90 Å². The van der Waals surface area contributed by atoms with Crippen LogP contribution in [0.1, 0.15) is 43.7 Å². The molecule has 1 aromatic carbocycles. The first-order chi connectivity index (χ1) is 10.6. The lowest BCUT2D eigenvalue weighted by Crippen LogP contribution is -2.45. The number of carbonyl (C=O) groups is 1. The summed E-state index contributed by atoms with van der Waals surface area (Å²) in [5.41, 5.74) is 1.11. The lowest BCUT2D eigenvalue weighted by atomic mass is 9.93. The van der Waals surface area contributed by atoms with E-state index < -0.39 is 0 Å². The molecule has 1 aliphatic heterocycles. The summed E-state index contributed by atoms with van der Waals surface area (Å²) in [5.74, 6) is 0.995. The van der Waals surface area contributed by atoms with Crippen LogP contribution >= 0.6 is 23.4 Å². The monoisotopic (exact) mass is 340 g/mol. The van der Waals surface area contributed by atoms with Crippen molar-refractivity contribution in [3.63, 3.8) is 0 Å². The lowest BCUT2D eigenvalue weighted by molar-refractivity contribution is 0.117. The fraction of sp³-hybridized carbons (Fsp3) is 0.562. The molecule has 6 heteroatoms. The molecule has 3 N–H and O–H groups in total. The molecule has 0 aromatic heterocycles. The van der Waals surface area contributed by atoms with Crippen LogP contribution in [0, 0.1) is 0 Å². The van der Waals surface area contributed by atoms with Crippen molar-refractivity contribution in [3.05, 3.63) is 28.8 Å². The Kier molecular flexibility index (Phi) is 5.16. The summed E-state index contributed by atoms with van der Waals surface area (Å²) in [7, 11) is 0.